The minimum absolute atomic E-state index is 1.23. The number of benzene rings is 9. The van der Waals surface area contributed by atoms with Crippen LogP contribution in [-0.2, 0) is 0 Å². The van der Waals surface area contributed by atoms with Gasteiger partial charge >= 0.3 is 0 Å². The highest BCUT2D eigenvalue weighted by Gasteiger charge is 2.23. The molecule has 10 aromatic rings. The van der Waals surface area contributed by atoms with Crippen LogP contribution < -0.4 is 0 Å². The van der Waals surface area contributed by atoms with Gasteiger partial charge in [0.2, 0.25) is 0 Å². The van der Waals surface area contributed by atoms with Crippen molar-refractivity contribution in [1.29, 1.82) is 0 Å². The molecule has 0 bridgehead atoms. The summed E-state index contributed by atoms with van der Waals surface area (Å²) >= 11 is 1.91. The Balaban J connectivity index is 1.40. The van der Waals surface area contributed by atoms with E-state index >= 15 is 0 Å². The van der Waals surface area contributed by atoms with E-state index in [1.54, 1.807) is 0 Å². The minimum atomic E-state index is 1.23. The second-order valence-corrected chi connectivity index (χ2v) is 13.8. The molecular formula is C48H30S. The molecule has 1 heteroatoms. The Morgan fingerprint density at radius 3 is 1.29 bits per heavy atom. The Bertz CT molecular complexity index is 2850. The molecule has 0 saturated carbocycles. The summed E-state index contributed by atoms with van der Waals surface area (Å²) in [7, 11) is 0. The van der Waals surface area contributed by atoms with Crippen molar-refractivity contribution in [2.45, 2.75) is 0 Å². The summed E-state index contributed by atoms with van der Waals surface area (Å²) in [6.07, 6.45) is 0. The molecule has 0 radical (unpaired) electrons. The first-order chi connectivity index (χ1) is 24.3. The second kappa shape index (κ2) is 11.3. The third-order valence-corrected chi connectivity index (χ3v) is 11.2. The maximum absolute atomic E-state index is 2.48. The normalized spacial score (nSPS) is 11.7. The van der Waals surface area contributed by atoms with Crippen molar-refractivity contribution in [3.63, 3.8) is 0 Å². The lowest BCUT2D eigenvalue weighted by Crippen LogP contribution is -1.93. The first kappa shape index (κ1) is 28.0. The number of hydrogen-bond acceptors (Lipinski definition) is 1. The SMILES string of the molecule is c1ccc(-c2c3ccccc3c(-c3ccccc3)c3cc(-c4c(-c5ccccc5)c5sc6ccccc6c5c5ccccc45)ccc23)cc1. The monoisotopic (exact) mass is 638 g/mol. The van der Waals surface area contributed by atoms with Gasteiger partial charge in [0, 0.05) is 25.7 Å². The zero-order chi connectivity index (χ0) is 32.3. The van der Waals surface area contributed by atoms with Crippen LogP contribution in [0.15, 0.2) is 182 Å². The van der Waals surface area contributed by atoms with Gasteiger partial charge in [0.15, 0.2) is 0 Å². The summed E-state index contributed by atoms with van der Waals surface area (Å²) in [5.74, 6) is 0. The Hall–Kier alpha value is -6.02. The van der Waals surface area contributed by atoms with Crippen molar-refractivity contribution in [3.05, 3.63) is 182 Å². The van der Waals surface area contributed by atoms with Gasteiger partial charge in [-0.05, 0) is 83.4 Å². The van der Waals surface area contributed by atoms with Crippen LogP contribution in [0.25, 0.3) is 97.0 Å². The fourth-order valence-electron chi connectivity index (χ4n) is 8.00. The molecule has 0 N–H and O–H groups in total. The topological polar surface area (TPSA) is 0 Å². The van der Waals surface area contributed by atoms with Crippen LogP contribution in [0.1, 0.15) is 0 Å². The van der Waals surface area contributed by atoms with Gasteiger partial charge in [0.25, 0.3) is 0 Å². The Kier molecular flexibility index (Phi) is 6.47. The van der Waals surface area contributed by atoms with E-state index in [2.05, 4.69) is 182 Å². The highest BCUT2D eigenvalue weighted by atomic mass is 32.1. The number of thiophene rings is 1. The first-order valence-electron chi connectivity index (χ1n) is 16.9. The summed E-state index contributed by atoms with van der Waals surface area (Å²) in [5.41, 5.74) is 10.1. The van der Waals surface area contributed by atoms with Crippen LogP contribution in [0.3, 0.4) is 0 Å². The molecule has 0 spiro atoms. The highest BCUT2D eigenvalue weighted by molar-refractivity contribution is 7.26. The molecule has 49 heavy (non-hydrogen) atoms. The van der Waals surface area contributed by atoms with E-state index < -0.39 is 0 Å². The van der Waals surface area contributed by atoms with Crippen molar-refractivity contribution >= 4 is 63.8 Å². The van der Waals surface area contributed by atoms with Gasteiger partial charge in [-0.2, -0.15) is 0 Å². The molecule has 0 atom stereocenters. The van der Waals surface area contributed by atoms with E-state index in [-0.39, 0.29) is 0 Å². The molecule has 0 amide bonds. The van der Waals surface area contributed by atoms with Crippen LogP contribution in [-0.4, -0.2) is 0 Å². The lowest BCUT2D eigenvalue weighted by atomic mass is 9.83. The number of rotatable bonds is 4. The molecule has 10 rings (SSSR count). The summed E-state index contributed by atoms with van der Waals surface area (Å²) in [6, 6.07) is 66.8. The summed E-state index contributed by atoms with van der Waals surface area (Å²) < 4.78 is 2.66. The van der Waals surface area contributed by atoms with E-state index in [0.717, 1.165) is 0 Å². The zero-order valence-electron chi connectivity index (χ0n) is 26.7. The summed E-state index contributed by atoms with van der Waals surface area (Å²) in [5, 5.41) is 10.3. The molecule has 0 nitrogen and oxygen atoms in total. The Morgan fingerprint density at radius 2 is 0.694 bits per heavy atom. The summed E-state index contributed by atoms with van der Waals surface area (Å²) in [6.45, 7) is 0. The first-order valence-corrected chi connectivity index (χ1v) is 17.7. The largest absolute Gasteiger partial charge is 0.134 e. The predicted octanol–water partition coefficient (Wildman–Crippen LogP) is 14.2. The van der Waals surface area contributed by atoms with Crippen LogP contribution in [0.4, 0.5) is 0 Å². The highest BCUT2D eigenvalue weighted by Crippen LogP contribution is 2.51. The quantitative estimate of drug-likeness (QED) is 0.168. The third kappa shape index (κ3) is 4.37. The van der Waals surface area contributed by atoms with E-state index in [1.807, 2.05) is 11.3 Å². The molecule has 1 heterocycles. The zero-order valence-corrected chi connectivity index (χ0v) is 27.5. The standard InChI is InChI=1S/C48H30S/c1-4-16-31(17-5-1)43-35-22-10-11-23-36(35)44(32-18-6-2-7-19-32)41-30-34(28-29-39(41)43)45-37-24-12-13-25-38(37)47-40-26-14-15-27-42(40)49-48(47)46(45)33-20-8-3-9-21-33/h1-30H. The van der Waals surface area contributed by atoms with Gasteiger partial charge in [0.05, 0.1) is 0 Å². The fraction of sp³-hybridized carbons (Fsp3) is 0. The second-order valence-electron chi connectivity index (χ2n) is 12.8. The molecule has 1 aromatic heterocycles. The lowest BCUT2D eigenvalue weighted by molar-refractivity contribution is 1.64. The van der Waals surface area contributed by atoms with Gasteiger partial charge in [-0.25, -0.2) is 0 Å². The smallest absolute Gasteiger partial charge is 0.0446 e. The van der Waals surface area contributed by atoms with Crippen LogP contribution in [0.2, 0.25) is 0 Å². The van der Waals surface area contributed by atoms with Crippen molar-refractivity contribution in [2.75, 3.05) is 0 Å². The van der Waals surface area contributed by atoms with E-state index in [1.165, 1.54) is 97.0 Å². The molecule has 0 unspecified atom stereocenters. The predicted molar refractivity (Wildman–Crippen MR) is 214 cm³/mol. The van der Waals surface area contributed by atoms with Gasteiger partial charge in [0.1, 0.15) is 0 Å². The van der Waals surface area contributed by atoms with Crippen molar-refractivity contribution in [1.82, 2.24) is 0 Å². The number of hydrogen-bond donors (Lipinski definition) is 0. The van der Waals surface area contributed by atoms with Crippen molar-refractivity contribution in [3.8, 4) is 44.5 Å². The average molecular weight is 639 g/mol. The Morgan fingerprint density at radius 1 is 0.265 bits per heavy atom. The van der Waals surface area contributed by atoms with Gasteiger partial charge in [-0.1, -0.05) is 170 Å². The van der Waals surface area contributed by atoms with E-state index in [4.69, 9.17) is 0 Å². The van der Waals surface area contributed by atoms with E-state index in [9.17, 15) is 0 Å². The van der Waals surface area contributed by atoms with Crippen molar-refractivity contribution < 1.29 is 0 Å². The van der Waals surface area contributed by atoms with Crippen LogP contribution in [0, 0.1) is 0 Å². The Labute approximate surface area is 289 Å². The average Bonchev–Trinajstić information content (AvgIpc) is 3.57. The molecule has 9 aromatic carbocycles. The molecule has 0 aliphatic heterocycles. The molecule has 0 aliphatic rings. The van der Waals surface area contributed by atoms with Crippen molar-refractivity contribution in [2.24, 2.45) is 0 Å². The lowest BCUT2D eigenvalue weighted by Gasteiger charge is -2.20. The maximum Gasteiger partial charge on any atom is 0.0446 e. The molecule has 228 valence electrons. The van der Waals surface area contributed by atoms with Gasteiger partial charge in [-0.3, -0.25) is 0 Å². The van der Waals surface area contributed by atoms with Crippen LogP contribution in [0.5, 0.6) is 0 Å². The van der Waals surface area contributed by atoms with E-state index in [0.29, 0.717) is 0 Å². The maximum atomic E-state index is 2.48. The summed E-state index contributed by atoms with van der Waals surface area (Å²) in [4.78, 5) is 0. The number of fused-ring (bicyclic) bond motifs is 7. The molecular weight excluding hydrogens is 609 g/mol. The molecule has 0 aliphatic carbocycles. The third-order valence-electron chi connectivity index (χ3n) is 10.0. The molecule has 0 saturated heterocycles. The van der Waals surface area contributed by atoms with Crippen LogP contribution >= 0.6 is 11.3 Å². The van der Waals surface area contributed by atoms with Gasteiger partial charge < -0.3 is 0 Å². The molecule has 0 fully saturated rings. The minimum Gasteiger partial charge on any atom is -0.134 e. The van der Waals surface area contributed by atoms with Gasteiger partial charge in [-0.15, -0.1) is 11.3 Å². The fourth-order valence-corrected chi connectivity index (χ4v) is 9.29.